The van der Waals surface area contributed by atoms with Crippen LogP contribution in [0.1, 0.15) is 28.9 Å². The van der Waals surface area contributed by atoms with Gasteiger partial charge in [0.05, 0.1) is 10.4 Å². The van der Waals surface area contributed by atoms with E-state index < -0.39 is 9.84 Å². The van der Waals surface area contributed by atoms with E-state index in [2.05, 4.69) is 10.4 Å². The summed E-state index contributed by atoms with van der Waals surface area (Å²) in [7, 11) is -3.35. The Morgan fingerprint density at radius 3 is 2.58 bits per heavy atom. The number of sulfone groups is 1. The molecule has 0 aliphatic heterocycles. The fraction of sp³-hybridized carbons (Fsp3) is 0.261. The van der Waals surface area contributed by atoms with Crippen molar-refractivity contribution in [3.05, 3.63) is 65.0 Å². The average molecular weight is 437 g/mol. The van der Waals surface area contributed by atoms with Gasteiger partial charge in [-0.2, -0.15) is 5.10 Å². The summed E-state index contributed by atoms with van der Waals surface area (Å²) >= 11 is 0. The summed E-state index contributed by atoms with van der Waals surface area (Å²) in [6.07, 6.45) is 1.91. The topological polar surface area (TPSA) is 93.4 Å². The summed E-state index contributed by atoms with van der Waals surface area (Å²) in [6, 6.07) is 12.6. The van der Waals surface area contributed by atoms with E-state index in [0.29, 0.717) is 12.1 Å². The van der Waals surface area contributed by atoms with Crippen LogP contribution in [0.5, 0.6) is 0 Å². The predicted octanol–water partition coefficient (Wildman–Crippen LogP) is 3.78. The van der Waals surface area contributed by atoms with E-state index in [0.717, 1.165) is 45.3 Å². The van der Waals surface area contributed by atoms with E-state index in [-0.39, 0.29) is 17.2 Å². The van der Waals surface area contributed by atoms with Gasteiger partial charge in [0.1, 0.15) is 0 Å². The third-order valence-electron chi connectivity index (χ3n) is 5.53. The van der Waals surface area contributed by atoms with Gasteiger partial charge in [-0.1, -0.05) is 18.2 Å². The molecular formula is C23H24N4O3S. The second kappa shape index (κ2) is 7.77. The molecule has 160 valence electrons. The third kappa shape index (κ3) is 4.03. The van der Waals surface area contributed by atoms with Crippen molar-refractivity contribution >= 4 is 38.0 Å². The summed E-state index contributed by atoms with van der Waals surface area (Å²) in [5, 5.41) is 8.50. The first-order valence-electron chi connectivity index (χ1n) is 9.99. The number of hydrogen-bond donors (Lipinski definition) is 1. The Morgan fingerprint density at radius 2 is 1.84 bits per heavy atom. The van der Waals surface area contributed by atoms with Gasteiger partial charge in [0.25, 0.3) is 0 Å². The minimum absolute atomic E-state index is 0.181. The largest absolute Gasteiger partial charge is 0.326 e. The summed E-state index contributed by atoms with van der Waals surface area (Å²) in [5.74, 6) is -0.182. The monoisotopic (exact) mass is 436 g/mol. The van der Waals surface area contributed by atoms with E-state index in [1.807, 2.05) is 49.6 Å². The number of aryl methyl sites for hydroxylation is 3. The zero-order valence-corrected chi connectivity index (χ0v) is 18.7. The standard InChI is InChI=1S/C23H24N4O3S/c1-14-9-10-17(31(4,29)30)13-21(14)25-22(28)12-11-18-15(2)24-23-19-7-5-6-8-20(19)26-27(23)16(18)3/h5-10,13H,11-12H2,1-4H3,(H,25,28). The molecule has 4 aromatic rings. The molecule has 0 spiro atoms. The normalized spacial score (nSPS) is 11.9. The van der Waals surface area contributed by atoms with Gasteiger partial charge in [-0.15, -0.1) is 0 Å². The molecule has 0 bridgehead atoms. The first-order valence-corrected chi connectivity index (χ1v) is 11.9. The van der Waals surface area contributed by atoms with E-state index >= 15 is 0 Å². The second-order valence-corrected chi connectivity index (χ2v) is 9.83. The molecule has 2 aromatic heterocycles. The van der Waals surface area contributed by atoms with Crippen molar-refractivity contribution in [2.45, 2.75) is 38.5 Å². The number of fused-ring (bicyclic) bond motifs is 3. The lowest BCUT2D eigenvalue weighted by Crippen LogP contribution is -2.15. The number of rotatable bonds is 5. The van der Waals surface area contributed by atoms with E-state index in [1.54, 1.807) is 12.1 Å². The average Bonchev–Trinajstić information content (AvgIpc) is 3.07. The van der Waals surface area contributed by atoms with Crippen molar-refractivity contribution < 1.29 is 13.2 Å². The molecule has 0 saturated heterocycles. The van der Waals surface area contributed by atoms with Crippen molar-refractivity contribution in [3.63, 3.8) is 0 Å². The van der Waals surface area contributed by atoms with Crippen molar-refractivity contribution in [1.82, 2.24) is 14.6 Å². The van der Waals surface area contributed by atoms with Gasteiger partial charge >= 0.3 is 0 Å². The van der Waals surface area contributed by atoms with Gasteiger partial charge < -0.3 is 5.32 Å². The molecule has 1 amide bonds. The molecule has 0 saturated carbocycles. The lowest BCUT2D eigenvalue weighted by Gasteiger charge is -2.13. The zero-order chi connectivity index (χ0) is 22.3. The van der Waals surface area contributed by atoms with Gasteiger partial charge in [0, 0.05) is 35.1 Å². The van der Waals surface area contributed by atoms with E-state index in [4.69, 9.17) is 4.98 Å². The third-order valence-corrected chi connectivity index (χ3v) is 6.64. The highest BCUT2D eigenvalue weighted by atomic mass is 32.2. The SMILES string of the molecule is Cc1ccc(S(C)(=O)=O)cc1NC(=O)CCc1c(C)nc2c3ccccc3nn2c1C. The number of anilines is 1. The molecule has 1 N–H and O–H groups in total. The number of carbonyl (C=O) groups is 1. The summed E-state index contributed by atoms with van der Waals surface area (Å²) in [4.78, 5) is 17.5. The Hall–Kier alpha value is -3.26. The van der Waals surface area contributed by atoms with Gasteiger partial charge in [0.15, 0.2) is 15.5 Å². The lowest BCUT2D eigenvalue weighted by molar-refractivity contribution is -0.116. The number of aromatic nitrogens is 3. The van der Waals surface area contributed by atoms with Crippen LogP contribution in [0.3, 0.4) is 0 Å². The molecule has 0 fully saturated rings. The quantitative estimate of drug-likeness (QED) is 0.514. The fourth-order valence-electron chi connectivity index (χ4n) is 3.76. The Morgan fingerprint density at radius 1 is 1.10 bits per heavy atom. The first kappa shape index (κ1) is 21.0. The van der Waals surface area contributed by atoms with Crippen molar-refractivity contribution in [1.29, 1.82) is 0 Å². The van der Waals surface area contributed by atoms with Crippen LogP contribution in [-0.4, -0.2) is 35.2 Å². The summed E-state index contributed by atoms with van der Waals surface area (Å²) in [5.41, 5.74) is 5.82. The summed E-state index contributed by atoms with van der Waals surface area (Å²) in [6.45, 7) is 5.76. The maximum atomic E-state index is 12.6. The van der Waals surface area contributed by atoms with Gasteiger partial charge in [-0.05, 0) is 62.6 Å². The molecular weight excluding hydrogens is 412 g/mol. The molecule has 0 aliphatic carbocycles. The van der Waals surface area contributed by atoms with E-state index in [9.17, 15) is 13.2 Å². The zero-order valence-electron chi connectivity index (χ0n) is 17.9. The Kier molecular flexibility index (Phi) is 5.26. The van der Waals surface area contributed by atoms with Crippen molar-refractivity contribution in [2.75, 3.05) is 11.6 Å². The predicted molar refractivity (Wildman–Crippen MR) is 121 cm³/mol. The number of nitrogens with one attached hydrogen (secondary N) is 1. The van der Waals surface area contributed by atoms with Crippen LogP contribution in [0.25, 0.3) is 16.6 Å². The summed E-state index contributed by atoms with van der Waals surface area (Å²) < 4.78 is 25.5. The van der Waals surface area contributed by atoms with Crippen LogP contribution in [0.15, 0.2) is 47.4 Å². The van der Waals surface area contributed by atoms with Crippen molar-refractivity contribution in [2.24, 2.45) is 0 Å². The molecule has 0 unspecified atom stereocenters. The number of benzene rings is 2. The Bertz CT molecular complexity index is 1440. The molecule has 0 radical (unpaired) electrons. The van der Waals surface area contributed by atoms with E-state index in [1.165, 1.54) is 6.07 Å². The van der Waals surface area contributed by atoms with Crippen LogP contribution in [-0.2, 0) is 21.1 Å². The molecule has 4 rings (SSSR count). The van der Waals surface area contributed by atoms with Crippen molar-refractivity contribution in [3.8, 4) is 0 Å². The molecule has 0 atom stereocenters. The van der Waals surface area contributed by atoms with Crippen LogP contribution in [0, 0.1) is 20.8 Å². The highest BCUT2D eigenvalue weighted by Gasteiger charge is 2.16. The maximum absolute atomic E-state index is 12.6. The van der Waals surface area contributed by atoms with Gasteiger partial charge in [-0.25, -0.2) is 17.9 Å². The number of carbonyl (C=O) groups excluding carboxylic acids is 1. The molecule has 7 nitrogen and oxygen atoms in total. The molecule has 8 heteroatoms. The smallest absolute Gasteiger partial charge is 0.224 e. The number of nitrogens with zero attached hydrogens (tertiary/aromatic N) is 3. The molecule has 2 heterocycles. The maximum Gasteiger partial charge on any atom is 0.224 e. The highest BCUT2D eigenvalue weighted by Crippen LogP contribution is 2.24. The number of hydrogen-bond acceptors (Lipinski definition) is 5. The minimum atomic E-state index is -3.35. The van der Waals surface area contributed by atoms with Crippen LogP contribution in [0.2, 0.25) is 0 Å². The Balaban J connectivity index is 1.57. The van der Waals surface area contributed by atoms with Gasteiger partial charge in [0.2, 0.25) is 5.91 Å². The number of amides is 1. The van der Waals surface area contributed by atoms with Crippen LogP contribution in [0.4, 0.5) is 5.69 Å². The highest BCUT2D eigenvalue weighted by molar-refractivity contribution is 7.90. The first-order chi connectivity index (χ1) is 14.6. The molecule has 2 aromatic carbocycles. The minimum Gasteiger partial charge on any atom is -0.326 e. The van der Waals surface area contributed by atoms with Crippen LogP contribution >= 0.6 is 0 Å². The molecule has 31 heavy (non-hydrogen) atoms. The molecule has 0 aliphatic rings. The second-order valence-electron chi connectivity index (χ2n) is 7.81. The fourth-order valence-corrected chi connectivity index (χ4v) is 4.40. The Labute approximate surface area is 181 Å². The lowest BCUT2D eigenvalue weighted by atomic mass is 10.1. The van der Waals surface area contributed by atoms with Crippen LogP contribution < -0.4 is 5.32 Å². The van der Waals surface area contributed by atoms with Gasteiger partial charge in [-0.3, -0.25) is 4.79 Å².